The van der Waals surface area contributed by atoms with Gasteiger partial charge in [-0.3, -0.25) is 25.3 Å². The zero-order valence-electron chi connectivity index (χ0n) is 17.2. The summed E-state index contributed by atoms with van der Waals surface area (Å²) in [6.45, 7) is 6.49. The van der Waals surface area contributed by atoms with E-state index in [1.165, 1.54) is 11.8 Å². The number of ether oxygens (including phenoxy) is 1. The summed E-state index contributed by atoms with van der Waals surface area (Å²) in [5.74, 6) is -0.0943. The average molecular weight is 411 g/mol. The van der Waals surface area contributed by atoms with E-state index in [2.05, 4.69) is 34.7 Å². The largest absolute Gasteiger partial charge is 0.493 e. The maximum atomic E-state index is 12.5. The number of para-hydroxylation sites is 1. The fourth-order valence-electron chi connectivity index (χ4n) is 2.86. The molecule has 0 aliphatic heterocycles. The van der Waals surface area contributed by atoms with Gasteiger partial charge in [-0.25, -0.2) is 4.68 Å². The summed E-state index contributed by atoms with van der Waals surface area (Å²) in [6.07, 6.45) is 1.60. The molecule has 0 aliphatic rings. The van der Waals surface area contributed by atoms with Crippen LogP contribution < -0.4 is 15.6 Å². The van der Waals surface area contributed by atoms with Crippen LogP contribution in [0.2, 0.25) is 0 Å². The van der Waals surface area contributed by atoms with E-state index in [9.17, 15) is 9.59 Å². The van der Waals surface area contributed by atoms with Crippen molar-refractivity contribution >= 4 is 11.8 Å². The Labute approximate surface area is 174 Å². The lowest BCUT2D eigenvalue weighted by molar-refractivity contribution is 0.0824. The van der Waals surface area contributed by atoms with Crippen LogP contribution in [0.3, 0.4) is 0 Å². The number of amides is 2. The third kappa shape index (κ3) is 4.87. The molecule has 9 heteroatoms. The molecule has 0 fully saturated rings. The van der Waals surface area contributed by atoms with Gasteiger partial charge in [0, 0.05) is 0 Å². The lowest BCUT2D eigenvalue weighted by atomic mass is 10.3. The highest BCUT2D eigenvalue weighted by Crippen LogP contribution is 2.19. The summed E-state index contributed by atoms with van der Waals surface area (Å²) in [5.41, 5.74) is 5.50. The highest BCUT2D eigenvalue weighted by Gasteiger charge is 2.20. The van der Waals surface area contributed by atoms with Crippen LogP contribution in [0.4, 0.5) is 0 Å². The molecule has 3 aromatic rings. The minimum atomic E-state index is -0.607. The van der Waals surface area contributed by atoms with Crippen molar-refractivity contribution in [3.63, 3.8) is 0 Å². The third-order valence-electron chi connectivity index (χ3n) is 4.59. The van der Waals surface area contributed by atoms with E-state index in [0.29, 0.717) is 12.3 Å². The van der Waals surface area contributed by atoms with E-state index in [0.717, 1.165) is 18.8 Å². The number of aromatic nitrogens is 2. The van der Waals surface area contributed by atoms with Crippen molar-refractivity contribution in [2.24, 2.45) is 0 Å². The monoisotopic (exact) mass is 411 g/mol. The molecule has 2 aromatic heterocycles. The number of benzene rings is 1. The molecule has 2 heterocycles. The first-order valence-corrected chi connectivity index (χ1v) is 9.66. The van der Waals surface area contributed by atoms with Gasteiger partial charge < -0.3 is 9.15 Å². The Morgan fingerprint density at radius 1 is 1.07 bits per heavy atom. The van der Waals surface area contributed by atoms with Crippen LogP contribution in [-0.4, -0.2) is 46.7 Å². The number of hydrogen-bond acceptors (Lipinski definition) is 6. The van der Waals surface area contributed by atoms with Crippen molar-refractivity contribution < 1.29 is 18.7 Å². The first-order valence-electron chi connectivity index (χ1n) is 9.66. The molecule has 0 unspecified atom stereocenters. The molecule has 0 atom stereocenters. The van der Waals surface area contributed by atoms with Crippen LogP contribution in [0.1, 0.15) is 40.7 Å². The second kappa shape index (κ2) is 9.75. The Hall–Kier alpha value is -3.59. The van der Waals surface area contributed by atoms with Crippen LogP contribution in [0.15, 0.2) is 53.1 Å². The first kappa shape index (κ1) is 21.1. The molecule has 0 aliphatic carbocycles. The molecular weight excluding hydrogens is 386 g/mol. The van der Waals surface area contributed by atoms with Crippen molar-refractivity contribution in [1.29, 1.82) is 0 Å². The van der Waals surface area contributed by atoms with Crippen LogP contribution >= 0.6 is 0 Å². The SMILES string of the molecule is CCN(CC)Cc1ccc(C(=O)NNC(=O)c2nn(-c3ccccc3)cc2OC)o1. The molecule has 1 aromatic carbocycles. The van der Waals surface area contributed by atoms with E-state index in [1.54, 1.807) is 18.3 Å². The summed E-state index contributed by atoms with van der Waals surface area (Å²) < 4.78 is 12.3. The van der Waals surface area contributed by atoms with E-state index in [1.807, 2.05) is 30.3 Å². The standard InChI is InChI=1S/C21H25N5O4/c1-4-25(5-2)13-16-11-12-17(30-16)20(27)22-23-21(28)19-18(29-3)14-26(24-19)15-9-7-6-8-10-15/h6-12,14H,4-5,13H2,1-3H3,(H,22,27)(H,23,28). The second-order valence-corrected chi connectivity index (χ2v) is 6.46. The average Bonchev–Trinajstić information content (AvgIpc) is 3.43. The number of carbonyl (C=O) groups is 2. The summed E-state index contributed by atoms with van der Waals surface area (Å²) >= 11 is 0. The van der Waals surface area contributed by atoms with Gasteiger partial charge in [0.1, 0.15) is 5.76 Å². The van der Waals surface area contributed by atoms with Crippen LogP contribution in [0.25, 0.3) is 5.69 Å². The third-order valence-corrected chi connectivity index (χ3v) is 4.59. The molecule has 2 N–H and O–H groups in total. The Bertz CT molecular complexity index is 992. The van der Waals surface area contributed by atoms with E-state index in [-0.39, 0.29) is 17.2 Å². The van der Waals surface area contributed by atoms with Crippen molar-refractivity contribution in [3.05, 3.63) is 65.9 Å². The summed E-state index contributed by atoms with van der Waals surface area (Å²) in [5, 5.41) is 4.26. The Morgan fingerprint density at radius 3 is 2.43 bits per heavy atom. The zero-order valence-corrected chi connectivity index (χ0v) is 17.2. The van der Waals surface area contributed by atoms with Gasteiger partial charge in [0.05, 0.1) is 25.5 Å². The van der Waals surface area contributed by atoms with Gasteiger partial charge in [-0.05, 0) is 37.4 Å². The van der Waals surface area contributed by atoms with E-state index in [4.69, 9.17) is 9.15 Å². The van der Waals surface area contributed by atoms with Crippen molar-refractivity contribution in [2.75, 3.05) is 20.2 Å². The molecule has 30 heavy (non-hydrogen) atoms. The van der Waals surface area contributed by atoms with E-state index < -0.39 is 11.8 Å². The number of carbonyl (C=O) groups excluding carboxylic acids is 2. The van der Waals surface area contributed by atoms with Gasteiger partial charge in [-0.2, -0.15) is 5.10 Å². The molecule has 3 rings (SSSR count). The minimum Gasteiger partial charge on any atom is -0.493 e. The topological polar surface area (TPSA) is 102 Å². The van der Waals surface area contributed by atoms with Gasteiger partial charge in [-0.15, -0.1) is 0 Å². The molecule has 2 amide bonds. The van der Waals surface area contributed by atoms with Crippen molar-refractivity contribution in [2.45, 2.75) is 20.4 Å². The maximum Gasteiger partial charge on any atom is 0.305 e. The number of rotatable bonds is 8. The Balaban J connectivity index is 1.64. The predicted octanol–water partition coefficient (Wildman–Crippen LogP) is 2.39. The lowest BCUT2D eigenvalue weighted by Crippen LogP contribution is -2.41. The number of hydrogen-bond donors (Lipinski definition) is 2. The smallest absolute Gasteiger partial charge is 0.305 e. The fourth-order valence-corrected chi connectivity index (χ4v) is 2.86. The van der Waals surface area contributed by atoms with Crippen LogP contribution in [-0.2, 0) is 6.54 Å². The zero-order chi connectivity index (χ0) is 21.5. The molecule has 0 saturated heterocycles. The number of furan rings is 1. The van der Waals surface area contributed by atoms with Crippen molar-refractivity contribution in [3.8, 4) is 11.4 Å². The second-order valence-electron chi connectivity index (χ2n) is 6.46. The summed E-state index contributed by atoms with van der Waals surface area (Å²) in [7, 11) is 1.45. The predicted molar refractivity (Wildman–Crippen MR) is 110 cm³/mol. The molecule has 158 valence electrons. The molecule has 0 bridgehead atoms. The summed E-state index contributed by atoms with van der Waals surface area (Å²) in [6, 6.07) is 12.6. The maximum absolute atomic E-state index is 12.5. The lowest BCUT2D eigenvalue weighted by Gasteiger charge is -2.15. The fraction of sp³-hybridized carbons (Fsp3) is 0.286. The van der Waals surface area contributed by atoms with Gasteiger partial charge >= 0.3 is 5.91 Å². The number of hydrazine groups is 1. The molecular formula is C21H25N5O4. The number of nitrogens with zero attached hydrogens (tertiary/aromatic N) is 3. The van der Waals surface area contributed by atoms with Gasteiger partial charge in [-0.1, -0.05) is 32.0 Å². The van der Waals surface area contributed by atoms with Gasteiger partial charge in [0.2, 0.25) is 0 Å². The normalized spacial score (nSPS) is 10.8. The molecule has 0 saturated carbocycles. The number of methoxy groups -OCH3 is 1. The Kier molecular flexibility index (Phi) is 6.87. The molecule has 0 radical (unpaired) electrons. The highest BCUT2D eigenvalue weighted by molar-refractivity contribution is 5.98. The molecule has 9 nitrogen and oxygen atoms in total. The first-order chi connectivity index (χ1) is 14.5. The van der Waals surface area contributed by atoms with Crippen LogP contribution in [0, 0.1) is 0 Å². The highest BCUT2D eigenvalue weighted by atomic mass is 16.5. The molecule has 0 spiro atoms. The van der Waals surface area contributed by atoms with Crippen molar-refractivity contribution in [1.82, 2.24) is 25.5 Å². The number of nitrogens with one attached hydrogen (secondary N) is 2. The van der Waals surface area contributed by atoms with Crippen LogP contribution in [0.5, 0.6) is 5.75 Å². The minimum absolute atomic E-state index is 0.0447. The Morgan fingerprint density at radius 2 is 1.77 bits per heavy atom. The quantitative estimate of drug-likeness (QED) is 0.552. The van der Waals surface area contributed by atoms with E-state index >= 15 is 0 Å². The van der Waals surface area contributed by atoms with Gasteiger partial charge in [0.25, 0.3) is 5.91 Å². The summed E-state index contributed by atoms with van der Waals surface area (Å²) in [4.78, 5) is 27.0. The van der Waals surface area contributed by atoms with Gasteiger partial charge in [0.15, 0.2) is 17.2 Å².